The van der Waals surface area contributed by atoms with Crippen molar-refractivity contribution in [1.82, 2.24) is 9.97 Å². The third-order valence-corrected chi connectivity index (χ3v) is 6.23. The van der Waals surface area contributed by atoms with E-state index in [2.05, 4.69) is 10.3 Å². The van der Waals surface area contributed by atoms with Gasteiger partial charge in [0.2, 0.25) is 5.95 Å². The number of nitrogens with two attached hydrogens (primary N) is 2. The lowest BCUT2D eigenvalue weighted by atomic mass is 9.71. The molecule has 1 heterocycles. The standard InChI is InChI=1S/C18H29N5/c19-12-5-3-6-13(11-12)21-16-14-7-4-10-18(8-1-2-9-18)15(14)22-17(20)23-16/h12-13H,1-11,19H2,(H3,20,21,22,23). The predicted octanol–water partition coefficient (Wildman–Crippen LogP) is 2.89. The molecule has 0 aliphatic heterocycles. The summed E-state index contributed by atoms with van der Waals surface area (Å²) in [5.74, 6) is 1.43. The number of hydrogen-bond donors (Lipinski definition) is 3. The van der Waals surface area contributed by atoms with E-state index in [-0.39, 0.29) is 5.41 Å². The maximum atomic E-state index is 6.14. The van der Waals surface area contributed by atoms with Crippen molar-refractivity contribution in [3.8, 4) is 0 Å². The molecule has 0 bridgehead atoms. The molecule has 5 nitrogen and oxygen atoms in total. The first-order valence-corrected chi connectivity index (χ1v) is 9.35. The second-order valence-electron chi connectivity index (χ2n) is 7.87. The molecule has 2 fully saturated rings. The van der Waals surface area contributed by atoms with Crippen LogP contribution in [0.2, 0.25) is 0 Å². The Labute approximate surface area is 138 Å². The molecule has 1 aromatic heterocycles. The molecule has 3 aliphatic rings. The Morgan fingerprint density at radius 2 is 1.78 bits per heavy atom. The molecule has 0 saturated heterocycles. The van der Waals surface area contributed by atoms with E-state index in [1.165, 1.54) is 62.6 Å². The summed E-state index contributed by atoms with van der Waals surface area (Å²) in [6.07, 6.45) is 13.3. The topological polar surface area (TPSA) is 89.8 Å². The first kappa shape index (κ1) is 15.2. The summed E-state index contributed by atoms with van der Waals surface area (Å²) < 4.78 is 0. The molecule has 5 N–H and O–H groups in total. The monoisotopic (exact) mass is 315 g/mol. The Morgan fingerprint density at radius 1 is 1.00 bits per heavy atom. The summed E-state index contributed by atoms with van der Waals surface area (Å²) in [5, 5.41) is 3.68. The third kappa shape index (κ3) is 2.80. The summed E-state index contributed by atoms with van der Waals surface area (Å²) in [5.41, 5.74) is 15.1. The molecule has 2 atom stereocenters. The van der Waals surface area contributed by atoms with Crippen LogP contribution in [0.25, 0.3) is 0 Å². The molecule has 0 aromatic carbocycles. The van der Waals surface area contributed by atoms with E-state index < -0.39 is 0 Å². The van der Waals surface area contributed by atoms with Crippen LogP contribution in [-0.4, -0.2) is 22.1 Å². The largest absolute Gasteiger partial charge is 0.368 e. The van der Waals surface area contributed by atoms with Crippen molar-refractivity contribution in [1.29, 1.82) is 0 Å². The fourth-order valence-electron chi connectivity index (χ4n) is 5.11. The summed E-state index contributed by atoms with van der Waals surface area (Å²) in [7, 11) is 0. The Morgan fingerprint density at radius 3 is 2.57 bits per heavy atom. The van der Waals surface area contributed by atoms with E-state index in [0.717, 1.165) is 25.1 Å². The molecule has 23 heavy (non-hydrogen) atoms. The van der Waals surface area contributed by atoms with Crippen molar-refractivity contribution < 1.29 is 0 Å². The Bertz CT molecular complexity index is 579. The van der Waals surface area contributed by atoms with Gasteiger partial charge < -0.3 is 16.8 Å². The molecule has 4 rings (SSSR count). The lowest BCUT2D eigenvalue weighted by Gasteiger charge is -2.36. The minimum absolute atomic E-state index is 0.282. The van der Waals surface area contributed by atoms with Crippen LogP contribution in [0.5, 0.6) is 0 Å². The Balaban J connectivity index is 1.66. The highest BCUT2D eigenvalue weighted by molar-refractivity contribution is 5.53. The van der Waals surface area contributed by atoms with Crippen molar-refractivity contribution >= 4 is 11.8 Å². The summed E-state index contributed by atoms with van der Waals surface area (Å²) in [6.45, 7) is 0. The highest BCUT2D eigenvalue weighted by Gasteiger charge is 2.41. The minimum Gasteiger partial charge on any atom is -0.368 e. The van der Waals surface area contributed by atoms with E-state index in [1.807, 2.05) is 0 Å². The maximum absolute atomic E-state index is 6.14. The van der Waals surface area contributed by atoms with Crippen LogP contribution < -0.4 is 16.8 Å². The fourth-order valence-corrected chi connectivity index (χ4v) is 5.11. The van der Waals surface area contributed by atoms with Gasteiger partial charge in [-0.1, -0.05) is 12.8 Å². The van der Waals surface area contributed by atoms with Gasteiger partial charge in [-0.3, -0.25) is 0 Å². The average Bonchev–Trinajstić information content (AvgIpc) is 2.98. The third-order valence-electron chi connectivity index (χ3n) is 6.23. The number of aromatic nitrogens is 2. The molecular formula is C18H29N5. The smallest absolute Gasteiger partial charge is 0.222 e. The van der Waals surface area contributed by atoms with E-state index in [1.54, 1.807) is 0 Å². The van der Waals surface area contributed by atoms with Crippen molar-refractivity contribution in [3.05, 3.63) is 11.3 Å². The normalized spacial score (nSPS) is 29.4. The van der Waals surface area contributed by atoms with E-state index in [0.29, 0.717) is 18.0 Å². The van der Waals surface area contributed by atoms with E-state index >= 15 is 0 Å². The number of nitrogens with one attached hydrogen (secondary N) is 1. The van der Waals surface area contributed by atoms with Crippen molar-refractivity contribution in [3.63, 3.8) is 0 Å². The zero-order valence-corrected chi connectivity index (χ0v) is 14.0. The van der Waals surface area contributed by atoms with Gasteiger partial charge in [0.25, 0.3) is 0 Å². The van der Waals surface area contributed by atoms with Gasteiger partial charge in [-0.2, -0.15) is 4.98 Å². The number of hydrogen-bond acceptors (Lipinski definition) is 5. The lowest BCUT2D eigenvalue weighted by molar-refractivity contribution is 0.357. The van der Waals surface area contributed by atoms with Crippen molar-refractivity contribution in [2.24, 2.45) is 5.73 Å². The predicted molar refractivity (Wildman–Crippen MR) is 93.4 cm³/mol. The van der Waals surface area contributed by atoms with Crippen LogP contribution in [0.1, 0.15) is 75.5 Å². The summed E-state index contributed by atoms with van der Waals surface area (Å²) >= 11 is 0. The van der Waals surface area contributed by atoms with Gasteiger partial charge in [-0.05, 0) is 57.8 Å². The summed E-state index contributed by atoms with van der Waals surface area (Å²) in [6, 6.07) is 0.746. The van der Waals surface area contributed by atoms with Crippen LogP contribution in [-0.2, 0) is 11.8 Å². The minimum atomic E-state index is 0.282. The quantitative estimate of drug-likeness (QED) is 0.781. The first-order valence-electron chi connectivity index (χ1n) is 9.35. The van der Waals surface area contributed by atoms with Crippen LogP contribution >= 0.6 is 0 Å². The molecular weight excluding hydrogens is 286 g/mol. The molecule has 2 saturated carbocycles. The van der Waals surface area contributed by atoms with Crippen LogP contribution in [0, 0.1) is 0 Å². The fraction of sp³-hybridized carbons (Fsp3) is 0.778. The van der Waals surface area contributed by atoms with Gasteiger partial charge >= 0.3 is 0 Å². The second-order valence-corrected chi connectivity index (χ2v) is 7.87. The molecule has 1 aromatic rings. The number of fused-ring (bicyclic) bond motifs is 2. The van der Waals surface area contributed by atoms with Gasteiger partial charge in [0.1, 0.15) is 5.82 Å². The molecule has 5 heteroatoms. The molecule has 3 aliphatic carbocycles. The Kier molecular flexibility index (Phi) is 3.92. The number of anilines is 2. The van der Waals surface area contributed by atoms with Crippen LogP contribution in [0.15, 0.2) is 0 Å². The number of nitrogens with zero attached hydrogens (tertiary/aromatic N) is 2. The van der Waals surface area contributed by atoms with Gasteiger partial charge in [0.05, 0.1) is 5.69 Å². The van der Waals surface area contributed by atoms with Crippen LogP contribution in [0.3, 0.4) is 0 Å². The molecule has 2 unspecified atom stereocenters. The molecule has 1 spiro atoms. The summed E-state index contributed by atoms with van der Waals surface area (Å²) in [4.78, 5) is 9.29. The first-order chi connectivity index (χ1) is 11.2. The highest BCUT2D eigenvalue weighted by Crippen LogP contribution is 2.49. The lowest BCUT2D eigenvalue weighted by Crippen LogP contribution is -2.36. The van der Waals surface area contributed by atoms with Crippen molar-refractivity contribution in [2.45, 2.75) is 88.1 Å². The van der Waals surface area contributed by atoms with E-state index in [9.17, 15) is 0 Å². The van der Waals surface area contributed by atoms with Gasteiger partial charge in [-0.25, -0.2) is 4.98 Å². The molecule has 0 radical (unpaired) electrons. The van der Waals surface area contributed by atoms with E-state index in [4.69, 9.17) is 16.5 Å². The number of rotatable bonds is 2. The molecule has 126 valence electrons. The maximum Gasteiger partial charge on any atom is 0.222 e. The highest BCUT2D eigenvalue weighted by atomic mass is 15.1. The van der Waals surface area contributed by atoms with Gasteiger partial charge in [-0.15, -0.1) is 0 Å². The average molecular weight is 315 g/mol. The van der Waals surface area contributed by atoms with Gasteiger partial charge in [0.15, 0.2) is 0 Å². The van der Waals surface area contributed by atoms with Gasteiger partial charge in [0, 0.05) is 23.1 Å². The number of nitrogen functional groups attached to an aromatic ring is 1. The molecule has 0 amide bonds. The Hall–Kier alpha value is -1.36. The zero-order chi connectivity index (χ0) is 15.9. The SMILES string of the molecule is Nc1nc(NC2CCCC(N)C2)c2c(n1)C1(CCCC1)CCC2. The zero-order valence-electron chi connectivity index (χ0n) is 14.0. The second kappa shape index (κ2) is 5.93. The van der Waals surface area contributed by atoms with Crippen LogP contribution in [0.4, 0.5) is 11.8 Å². The van der Waals surface area contributed by atoms with Crippen molar-refractivity contribution in [2.75, 3.05) is 11.1 Å².